The van der Waals surface area contributed by atoms with E-state index in [2.05, 4.69) is 21.2 Å². The van der Waals surface area contributed by atoms with Gasteiger partial charge >= 0.3 is 0 Å². The SMILES string of the molecule is CNC(=O)c1cccc(OCCCBr)c1. The highest BCUT2D eigenvalue weighted by atomic mass is 79.9. The largest absolute Gasteiger partial charge is 0.494 e. The molecule has 0 aromatic heterocycles. The van der Waals surface area contributed by atoms with Crippen LogP contribution in [0.15, 0.2) is 24.3 Å². The monoisotopic (exact) mass is 271 g/mol. The summed E-state index contributed by atoms with van der Waals surface area (Å²) in [6.07, 6.45) is 0.949. The number of alkyl halides is 1. The first kappa shape index (κ1) is 12.0. The molecule has 3 nitrogen and oxygen atoms in total. The fourth-order valence-electron chi connectivity index (χ4n) is 1.12. The fourth-order valence-corrected chi connectivity index (χ4v) is 1.34. The molecule has 1 aromatic carbocycles. The van der Waals surface area contributed by atoms with Crippen molar-refractivity contribution in [2.45, 2.75) is 6.42 Å². The minimum Gasteiger partial charge on any atom is -0.494 e. The van der Waals surface area contributed by atoms with Crippen molar-refractivity contribution >= 4 is 21.8 Å². The second-order valence-electron chi connectivity index (χ2n) is 3.00. The third-order valence-corrected chi connectivity index (χ3v) is 2.43. The van der Waals surface area contributed by atoms with E-state index >= 15 is 0 Å². The predicted octanol–water partition coefficient (Wildman–Crippen LogP) is 2.21. The number of amides is 1. The lowest BCUT2D eigenvalue weighted by atomic mass is 10.2. The van der Waals surface area contributed by atoms with Crippen LogP contribution >= 0.6 is 15.9 Å². The summed E-state index contributed by atoms with van der Waals surface area (Å²) in [6, 6.07) is 7.16. The van der Waals surface area contributed by atoms with Gasteiger partial charge < -0.3 is 10.1 Å². The van der Waals surface area contributed by atoms with Crippen molar-refractivity contribution in [3.63, 3.8) is 0 Å². The molecule has 0 atom stereocenters. The molecule has 0 heterocycles. The summed E-state index contributed by atoms with van der Waals surface area (Å²) in [5, 5.41) is 3.49. The summed E-state index contributed by atoms with van der Waals surface area (Å²) < 4.78 is 5.47. The zero-order valence-electron chi connectivity index (χ0n) is 8.63. The van der Waals surface area contributed by atoms with Crippen molar-refractivity contribution in [1.29, 1.82) is 0 Å². The smallest absolute Gasteiger partial charge is 0.251 e. The van der Waals surface area contributed by atoms with Gasteiger partial charge in [-0.3, -0.25) is 4.79 Å². The molecule has 1 rings (SSSR count). The second-order valence-corrected chi connectivity index (χ2v) is 3.79. The number of benzene rings is 1. The van der Waals surface area contributed by atoms with E-state index in [0.29, 0.717) is 12.2 Å². The van der Waals surface area contributed by atoms with E-state index in [1.807, 2.05) is 12.1 Å². The number of rotatable bonds is 5. The highest BCUT2D eigenvalue weighted by molar-refractivity contribution is 9.09. The van der Waals surface area contributed by atoms with Crippen molar-refractivity contribution < 1.29 is 9.53 Å². The van der Waals surface area contributed by atoms with Crippen molar-refractivity contribution in [2.75, 3.05) is 19.0 Å². The molecule has 15 heavy (non-hydrogen) atoms. The summed E-state index contributed by atoms with van der Waals surface area (Å²) in [5.41, 5.74) is 0.619. The van der Waals surface area contributed by atoms with Gasteiger partial charge in [0.05, 0.1) is 6.61 Å². The van der Waals surface area contributed by atoms with E-state index in [9.17, 15) is 4.79 Å². The number of carbonyl (C=O) groups is 1. The maximum absolute atomic E-state index is 11.3. The van der Waals surface area contributed by atoms with Crippen LogP contribution in [0.1, 0.15) is 16.8 Å². The zero-order chi connectivity index (χ0) is 11.1. The molecule has 0 fully saturated rings. The Bertz CT molecular complexity index is 328. The van der Waals surface area contributed by atoms with Crippen LogP contribution in [0.2, 0.25) is 0 Å². The first-order chi connectivity index (χ1) is 7.27. The topological polar surface area (TPSA) is 38.3 Å². The van der Waals surface area contributed by atoms with E-state index in [1.165, 1.54) is 0 Å². The van der Waals surface area contributed by atoms with Gasteiger partial charge in [0, 0.05) is 17.9 Å². The average Bonchev–Trinajstić information content (AvgIpc) is 2.29. The maximum Gasteiger partial charge on any atom is 0.251 e. The van der Waals surface area contributed by atoms with Gasteiger partial charge in [0.1, 0.15) is 5.75 Å². The second kappa shape index (κ2) is 6.45. The van der Waals surface area contributed by atoms with Gasteiger partial charge in [0.25, 0.3) is 5.91 Å². The quantitative estimate of drug-likeness (QED) is 0.659. The van der Waals surface area contributed by atoms with Crippen molar-refractivity contribution in [2.24, 2.45) is 0 Å². The Morgan fingerprint density at radius 3 is 3.00 bits per heavy atom. The van der Waals surface area contributed by atoms with Gasteiger partial charge in [-0.2, -0.15) is 0 Å². The number of carbonyl (C=O) groups excluding carboxylic acids is 1. The van der Waals surface area contributed by atoms with E-state index in [-0.39, 0.29) is 5.91 Å². The molecule has 0 unspecified atom stereocenters. The molecule has 0 bridgehead atoms. The summed E-state index contributed by atoms with van der Waals surface area (Å²) in [5.74, 6) is 0.637. The molecule has 82 valence electrons. The number of hydrogen-bond donors (Lipinski definition) is 1. The number of nitrogens with one attached hydrogen (secondary N) is 1. The molecule has 1 amide bonds. The number of ether oxygens (including phenoxy) is 1. The Balaban J connectivity index is 2.62. The highest BCUT2D eigenvalue weighted by Gasteiger charge is 2.03. The zero-order valence-corrected chi connectivity index (χ0v) is 10.2. The first-order valence-electron chi connectivity index (χ1n) is 4.79. The Kier molecular flexibility index (Phi) is 5.18. The van der Waals surface area contributed by atoms with E-state index in [0.717, 1.165) is 17.5 Å². The molecule has 4 heteroatoms. The van der Waals surface area contributed by atoms with Crippen molar-refractivity contribution in [3.8, 4) is 5.75 Å². The molecule has 1 N–H and O–H groups in total. The summed E-state index contributed by atoms with van der Waals surface area (Å²) in [6.45, 7) is 0.655. The van der Waals surface area contributed by atoms with E-state index in [4.69, 9.17) is 4.74 Å². The minimum absolute atomic E-state index is 0.0964. The van der Waals surface area contributed by atoms with Crippen LogP contribution in [0.25, 0.3) is 0 Å². The van der Waals surface area contributed by atoms with Gasteiger partial charge in [-0.15, -0.1) is 0 Å². The maximum atomic E-state index is 11.3. The minimum atomic E-state index is -0.0964. The van der Waals surface area contributed by atoms with Gasteiger partial charge in [-0.1, -0.05) is 22.0 Å². The molecule has 0 saturated carbocycles. The van der Waals surface area contributed by atoms with Crippen LogP contribution in [0, 0.1) is 0 Å². The van der Waals surface area contributed by atoms with Gasteiger partial charge in [-0.25, -0.2) is 0 Å². The van der Waals surface area contributed by atoms with Crippen LogP contribution in [0.4, 0.5) is 0 Å². The van der Waals surface area contributed by atoms with Crippen LogP contribution in [-0.4, -0.2) is 24.9 Å². The molecule has 1 aromatic rings. The van der Waals surface area contributed by atoms with Gasteiger partial charge in [0.2, 0.25) is 0 Å². The fraction of sp³-hybridized carbons (Fsp3) is 0.364. The molecule has 0 radical (unpaired) electrons. The Hall–Kier alpha value is -1.03. The molecule has 0 aliphatic rings. The lowest BCUT2D eigenvalue weighted by Crippen LogP contribution is -2.17. The summed E-state index contributed by atoms with van der Waals surface area (Å²) in [7, 11) is 1.61. The van der Waals surface area contributed by atoms with Crippen molar-refractivity contribution in [3.05, 3.63) is 29.8 Å². The van der Waals surface area contributed by atoms with Gasteiger partial charge in [-0.05, 0) is 24.6 Å². The molecular weight excluding hydrogens is 258 g/mol. The molecule has 0 spiro atoms. The summed E-state index contributed by atoms with van der Waals surface area (Å²) >= 11 is 3.33. The van der Waals surface area contributed by atoms with Crippen LogP contribution in [0.5, 0.6) is 5.75 Å². The Morgan fingerprint density at radius 1 is 1.53 bits per heavy atom. The molecular formula is C11H14BrNO2. The van der Waals surface area contributed by atoms with Crippen LogP contribution in [0.3, 0.4) is 0 Å². The normalized spacial score (nSPS) is 9.73. The number of hydrogen-bond acceptors (Lipinski definition) is 2. The lowest BCUT2D eigenvalue weighted by Gasteiger charge is -2.06. The highest BCUT2D eigenvalue weighted by Crippen LogP contribution is 2.13. The summed E-state index contributed by atoms with van der Waals surface area (Å²) in [4.78, 5) is 11.3. The van der Waals surface area contributed by atoms with Gasteiger partial charge in [0.15, 0.2) is 0 Å². The van der Waals surface area contributed by atoms with E-state index in [1.54, 1.807) is 19.2 Å². The van der Waals surface area contributed by atoms with Crippen LogP contribution < -0.4 is 10.1 Å². The Labute approximate surface area is 97.9 Å². The number of halogens is 1. The predicted molar refractivity (Wildman–Crippen MR) is 63.7 cm³/mol. The Morgan fingerprint density at radius 2 is 2.33 bits per heavy atom. The van der Waals surface area contributed by atoms with E-state index < -0.39 is 0 Å². The van der Waals surface area contributed by atoms with Crippen LogP contribution in [-0.2, 0) is 0 Å². The van der Waals surface area contributed by atoms with Crippen molar-refractivity contribution in [1.82, 2.24) is 5.32 Å². The molecule has 0 aliphatic heterocycles. The molecule has 0 saturated heterocycles. The molecule has 0 aliphatic carbocycles. The third-order valence-electron chi connectivity index (χ3n) is 1.87. The third kappa shape index (κ3) is 3.91. The lowest BCUT2D eigenvalue weighted by molar-refractivity contribution is 0.0962. The standard InChI is InChI=1S/C11H14BrNO2/c1-13-11(14)9-4-2-5-10(8-9)15-7-3-6-12/h2,4-5,8H,3,6-7H2,1H3,(H,13,14). The average molecular weight is 272 g/mol. The first-order valence-corrected chi connectivity index (χ1v) is 5.91.